The molecule has 1 unspecified atom stereocenters. The Labute approximate surface area is 101 Å². The zero-order chi connectivity index (χ0) is 11.6. The number of allylic oxidation sites excluding steroid dienone is 1. The Kier molecular flexibility index (Phi) is 4.07. The van der Waals surface area contributed by atoms with Gasteiger partial charge in [-0.1, -0.05) is 0 Å². The molecule has 0 aromatic rings. The summed E-state index contributed by atoms with van der Waals surface area (Å²) in [6, 6.07) is 0. The van der Waals surface area contributed by atoms with Crippen LogP contribution in [0.5, 0.6) is 0 Å². The van der Waals surface area contributed by atoms with Crippen LogP contribution in [0.1, 0.15) is 13.8 Å². The van der Waals surface area contributed by atoms with Crippen molar-refractivity contribution in [3.63, 3.8) is 0 Å². The second-order valence-electron chi connectivity index (χ2n) is 4.56. The topological polar surface area (TPSA) is 30.9 Å². The van der Waals surface area contributed by atoms with Crippen LogP contribution in [-0.2, 0) is 11.3 Å². The Bertz CT molecular complexity index is 245. The van der Waals surface area contributed by atoms with Crippen LogP contribution in [-0.4, -0.2) is 58.6 Å². The second-order valence-corrected chi connectivity index (χ2v) is 10.7. The van der Waals surface area contributed by atoms with Gasteiger partial charge in [0.2, 0.25) is 0 Å². The molecule has 0 amide bonds. The van der Waals surface area contributed by atoms with Gasteiger partial charge in [-0.15, -0.1) is 0 Å². The summed E-state index contributed by atoms with van der Waals surface area (Å²) in [5, 5.41) is 0. The fourth-order valence-corrected chi connectivity index (χ4v) is 7.82. The summed E-state index contributed by atoms with van der Waals surface area (Å²) in [5.74, 6) is 0. The molecule has 3 aliphatic heterocycles. The number of nitrogens with zero attached hydrogens (tertiary/aromatic N) is 1. The van der Waals surface area contributed by atoms with E-state index in [1.54, 1.807) is 0 Å². The fraction of sp³-hybridized carbons (Fsp3) is 0.818. The van der Waals surface area contributed by atoms with E-state index in [0.29, 0.717) is 0 Å². The van der Waals surface area contributed by atoms with E-state index in [-0.39, 0.29) is 4.75 Å². The van der Waals surface area contributed by atoms with Gasteiger partial charge in [0.15, 0.2) is 0 Å². The molecule has 0 spiro atoms. The SMILES string of the molecule is C=C(C)[CH](C)[Ge]12[O]CCN(CC[O]1)CC[O]2. The van der Waals surface area contributed by atoms with E-state index in [4.69, 9.17) is 11.3 Å². The molecule has 16 heavy (non-hydrogen) atoms. The van der Waals surface area contributed by atoms with Crippen LogP contribution in [0.2, 0.25) is 4.75 Å². The van der Waals surface area contributed by atoms with Crippen LogP contribution in [0, 0.1) is 0 Å². The van der Waals surface area contributed by atoms with E-state index in [0.717, 1.165) is 45.0 Å². The van der Waals surface area contributed by atoms with Gasteiger partial charge in [0.1, 0.15) is 0 Å². The minimum absolute atomic E-state index is 0.240. The Morgan fingerprint density at radius 2 is 1.56 bits per heavy atom. The molecule has 0 aliphatic carbocycles. The normalized spacial score (nSPS) is 37.2. The Balaban J connectivity index is 2.17. The molecular formula is C11H21GeNO3. The van der Waals surface area contributed by atoms with E-state index in [1.807, 2.05) is 6.92 Å². The molecular weight excluding hydrogens is 267 g/mol. The summed E-state index contributed by atoms with van der Waals surface area (Å²) in [7, 11) is 0. The molecule has 3 rings (SSSR count). The van der Waals surface area contributed by atoms with Gasteiger partial charge >= 0.3 is 101 Å². The average Bonchev–Trinajstić information content (AvgIpc) is 2.14. The first-order valence-corrected chi connectivity index (χ1v) is 9.72. The van der Waals surface area contributed by atoms with E-state index in [1.165, 1.54) is 0 Å². The molecule has 0 saturated carbocycles. The Morgan fingerprint density at radius 1 is 1.12 bits per heavy atom. The third-order valence-corrected chi connectivity index (χ3v) is 10.5. The first kappa shape index (κ1) is 12.6. The van der Waals surface area contributed by atoms with Gasteiger partial charge < -0.3 is 0 Å². The van der Waals surface area contributed by atoms with Crippen molar-refractivity contribution in [1.29, 1.82) is 0 Å². The predicted molar refractivity (Wildman–Crippen MR) is 64.3 cm³/mol. The summed E-state index contributed by atoms with van der Waals surface area (Å²) in [6.45, 7) is 13.4. The van der Waals surface area contributed by atoms with E-state index in [9.17, 15) is 0 Å². The summed E-state index contributed by atoms with van der Waals surface area (Å²) < 4.78 is 18.3. The molecule has 0 aromatic heterocycles. The van der Waals surface area contributed by atoms with Gasteiger partial charge in [0.05, 0.1) is 0 Å². The third-order valence-electron chi connectivity index (χ3n) is 3.40. The van der Waals surface area contributed by atoms with Crippen LogP contribution in [0.25, 0.3) is 0 Å². The number of rotatable bonds is 2. The summed E-state index contributed by atoms with van der Waals surface area (Å²) >= 11 is -3.09. The molecule has 3 aliphatic rings. The molecule has 0 aromatic carbocycles. The zero-order valence-electron chi connectivity index (χ0n) is 10.2. The van der Waals surface area contributed by atoms with Gasteiger partial charge in [0, 0.05) is 0 Å². The summed E-state index contributed by atoms with van der Waals surface area (Å²) in [4.78, 5) is 2.33. The van der Waals surface area contributed by atoms with E-state index >= 15 is 0 Å². The van der Waals surface area contributed by atoms with Crippen molar-refractivity contribution in [2.75, 3.05) is 39.5 Å². The first-order chi connectivity index (χ1) is 7.64. The minimum atomic E-state index is -3.09. The van der Waals surface area contributed by atoms with Gasteiger partial charge in [-0.2, -0.15) is 0 Å². The Hall–Kier alpha value is 0.123. The summed E-state index contributed by atoms with van der Waals surface area (Å²) in [5.41, 5.74) is 1.11. The van der Waals surface area contributed by atoms with Crippen LogP contribution >= 0.6 is 0 Å². The van der Waals surface area contributed by atoms with Gasteiger partial charge in [-0.05, 0) is 0 Å². The molecule has 5 heteroatoms. The Morgan fingerprint density at radius 3 is 1.94 bits per heavy atom. The fourth-order valence-electron chi connectivity index (χ4n) is 2.09. The van der Waals surface area contributed by atoms with Crippen molar-refractivity contribution in [3.05, 3.63) is 12.2 Å². The van der Waals surface area contributed by atoms with Gasteiger partial charge in [0.25, 0.3) is 0 Å². The van der Waals surface area contributed by atoms with Gasteiger partial charge in [-0.3, -0.25) is 0 Å². The van der Waals surface area contributed by atoms with Crippen LogP contribution < -0.4 is 0 Å². The van der Waals surface area contributed by atoms with E-state index in [2.05, 4.69) is 18.4 Å². The number of hydrogen-bond donors (Lipinski definition) is 0. The van der Waals surface area contributed by atoms with Crippen molar-refractivity contribution in [2.45, 2.75) is 18.6 Å². The quantitative estimate of drug-likeness (QED) is 0.565. The molecule has 4 nitrogen and oxygen atoms in total. The second kappa shape index (κ2) is 5.18. The molecule has 3 heterocycles. The molecule has 1 atom stereocenters. The van der Waals surface area contributed by atoms with Crippen molar-refractivity contribution in [3.8, 4) is 0 Å². The standard InChI is InChI=1S/C11H21GeNO3/c1-10(2)11(3)12-14-7-4-13(5-8-15-12)6-9-16-12/h11H,1,4-9H2,2-3H3. The van der Waals surface area contributed by atoms with Crippen LogP contribution in [0.4, 0.5) is 0 Å². The number of fused-ring (bicyclic) bond motifs is 6. The predicted octanol–water partition coefficient (Wildman–Crippen LogP) is 1.27. The molecule has 0 radical (unpaired) electrons. The monoisotopic (exact) mass is 289 g/mol. The number of hydrogen-bond acceptors (Lipinski definition) is 4. The maximum atomic E-state index is 6.01. The molecule has 0 N–H and O–H groups in total. The average molecular weight is 288 g/mol. The molecule has 2 bridgehead atoms. The van der Waals surface area contributed by atoms with Crippen molar-refractivity contribution in [2.24, 2.45) is 0 Å². The maximum absolute atomic E-state index is 6.01. The van der Waals surface area contributed by atoms with Crippen molar-refractivity contribution >= 4 is 14.3 Å². The molecule has 92 valence electrons. The first-order valence-electron chi connectivity index (χ1n) is 5.94. The van der Waals surface area contributed by atoms with Crippen LogP contribution in [0.3, 0.4) is 0 Å². The van der Waals surface area contributed by atoms with Crippen molar-refractivity contribution < 1.29 is 11.3 Å². The van der Waals surface area contributed by atoms with Gasteiger partial charge in [-0.25, -0.2) is 0 Å². The van der Waals surface area contributed by atoms with Crippen molar-refractivity contribution in [1.82, 2.24) is 4.90 Å². The zero-order valence-corrected chi connectivity index (χ0v) is 12.3. The molecule has 3 saturated heterocycles. The van der Waals surface area contributed by atoms with E-state index < -0.39 is 14.3 Å². The summed E-state index contributed by atoms with van der Waals surface area (Å²) in [6.07, 6.45) is 0. The van der Waals surface area contributed by atoms with Crippen LogP contribution in [0.15, 0.2) is 12.2 Å². The third kappa shape index (κ3) is 2.51. The molecule has 3 fully saturated rings.